The molecular formula is C15H23F6N3O3. The molecule has 27 heavy (non-hydrogen) atoms. The number of hydrogen-bond acceptors (Lipinski definition) is 4. The van der Waals surface area contributed by atoms with E-state index in [1.54, 1.807) is 0 Å². The van der Waals surface area contributed by atoms with Crippen LogP contribution in [-0.4, -0.2) is 45.1 Å². The SMILES string of the molecule is CCC(O)(C1C(C)C(O)C(C)C(C(O)(N=[N+]=[N-])C(F)(F)F)C1C)C(F)(F)F. The molecule has 3 N–H and O–H groups in total. The molecule has 1 aliphatic rings. The minimum Gasteiger partial charge on any atom is -0.393 e. The second kappa shape index (κ2) is 7.31. The molecule has 0 saturated heterocycles. The molecule has 0 aliphatic heterocycles. The Bertz CT molecular complexity index is 594. The molecule has 158 valence electrons. The molecule has 1 rings (SSSR count). The molecule has 12 heteroatoms. The van der Waals surface area contributed by atoms with E-state index in [1.807, 2.05) is 4.91 Å². The average Bonchev–Trinajstić information content (AvgIpc) is 2.50. The smallest absolute Gasteiger partial charge is 0.393 e. The van der Waals surface area contributed by atoms with E-state index in [9.17, 15) is 41.7 Å². The zero-order chi connectivity index (χ0) is 21.6. The number of halogens is 6. The van der Waals surface area contributed by atoms with Crippen LogP contribution in [0.3, 0.4) is 0 Å². The van der Waals surface area contributed by atoms with Crippen LogP contribution in [0.2, 0.25) is 0 Å². The van der Waals surface area contributed by atoms with Crippen LogP contribution in [0.25, 0.3) is 10.4 Å². The average molecular weight is 407 g/mol. The van der Waals surface area contributed by atoms with E-state index in [4.69, 9.17) is 5.53 Å². The topological polar surface area (TPSA) is 109 Å². The van der Waals surface area contributed by atoms with Gasteiger partial charge in [0.15, 0.2) is 5.60 Å². The highest BCUT2D eigenvalue weighted by Gasteiger charge is 2.69. The maximum Gasteiger partial charge on any atom is 0.423 e. The van der Waals surface area contributed by atoms with Gasteiger partial charge in [-0.25, -0.2) is 0 Å². The molecule has 0 aromatic carbocycles. The first kappa shape index (κ1) is 23.8. The summed E-state index contributed by atoms with van der Waals surface area (Å²) in [6, 6.07) is 0. The monoisotopic (exact) mass is 407 g/mol. The Kier molecular flexibility index (Phi) is 6.44. The van der Waals surface area contributed by atoms with Crippen LogP contribution in [0.15, 0.2) is 5.11 Å². The Morgan fingerprint density at radius 2 is 1.33 bits per heavy atom. The first-order chi connectivity index (χ1) is 12.0. The van der Waals surface area contributed by atoms with Crippen molar-refractivity contribution in [1.29, 1.82) is 0 Å². The summed E-state index contributed by atoms with van der Waals surface area (Å²) in [6.07, 6.45) is -13.3. The van der Waals surface area contributed by atoms with Crippen LogP contribution >= 0.6 is 0 Å². The first-order valence-corrected chi connectivity index (χ1v) is 8.33. The minimum atomic E-state index is -5.50. The molecule has 0 heterocycles. The minimum absolute atomic E-state index is 0.865. The van der Waals surface area contributed by atoms with Crippen molar-refractivity contribution in [2.75, 3.05) is 0 Å². The lowest BCUT2D eigenvalue weighted by Crippen LogP contribution is -2.66. The van der Waals surface area contributed by atoms with Crippen LogP contribution in [0.4, 0.5) is 26.3 Å². The van der Waals surface area contributed by atoms with E-state index in [-0.39, 0.29) is 0 Å². The summed E-state index contributed by atoms with van der Waals surface area (Å²) in [5.41, 5.74) is 1.06. The Balaban J connectivity index is 3.68. The van der Waals surface area contributed by atoms with Crippen molar-refractivity contribution in [2.24, 2.45) is 34.7 Å². The Hall–Kier alpha value is -1.23. The number of rotatable bonds is 4. The summed E-state index contributed by atoms with van der Waals surface area (Å²) < 4.78 is 81.2. The third-order valence-electron chi connectivity index (χ3n) is 6.00. The molecule has 8 unspecified atom stereocenters. The van der Waals surface area contributed by atoms with Gasteiger partial charge in [-0.3, -0.25) is 0 Å². The fourth-order valence-corrected chi connectivity index (χ4v) is 4.69. The molecule has 0 bridgehead atoms. The van der Waals surface area contributed by atoms with Crippen LogP contribution in [0.1, 0.15) is 34.1 Å². The largest absolute Gasteiger partial charge is 0.423 e. The molecule has 0 radical (unpaired) electrons. The fraction of sp³-hybridized carbons (Fsp3) is 1.00. The van der Waals surface area contributed by atoms with E-state index in [1.165, 1.54) is 6.92 Å². The number of aliphatic hydroxyl groups excluding tert-OH is 1. The Morgan fingerprint density at radius 1 is 0.889 bits per heavy atom. The van der Waals surface area contributed by atoms with Crippen LogP contribution in [0.5, 0.6) is 0 Å². The summed E-state index contributed by atoms with van der Waals surface area (Å²) in [6.45, 7) is 4.37. The molecule has 1 saturated carbocycles. The molecule has 0 amide bonds. The predicted molar refractivity (Wildman–Crippen MR) is 81.9 cm³/mol. The Morgan fingerprint density at radius 3 is 1.67 bits per heavy atom. The van der Waals surface area contributed by atoms with E-state index in [2.05, 4.69) is 5.11 Å². The van der Waals surface area contributed by atoms with E-state index < -0.39 is 65.8 Å². The van der Waals surface area contributed by atoms with Gasteiger partial charge in [0.25, 0.3) is 0 Å². The molecule has 8 atom stereocenters. The standard InChI is InChI=1S/C15H23F6N3O3/c1-5-12(26,14(16,17)18)9-6(2)10(8(4)11(25)7(9)3)13(27,23-24-22)15(19,20)21/h6-11,25-27H,5H2,1-4H3. The third-order valence-corrected chi connectivity index (χ3v) is 6.00. The molecule has 0 aromatic heterocycles. The number of aliphatic hydroxyl groups is 3. The predicted octanol–water partition coefficient (Wildman–Crippen LogP) is 3.77. The van der Waals surface area contributed by atoms with Crippen LogP contribution in [0, 0.1) is 29.6 Å². The van der Waals surface area contributed by atoms with Gasteiger partial charge in [0.2, 0.25) is 5.72 Å². The lowest BCUT2D eigenvalue weighted by molar-refractivity contribution is -0.331. The second-order valence-corrected chi connectivity index (χ2v) is 7.31. The highest BCUT2D eigenvalue weighted by Crippen LogP contribution is 2.57. The summed E-state index contributed by atoms with van der Waals surface area (Å²) in [7, 11) is 0. The van der Waals surface area contributed by atoms with Gasteiger partial charge < -0.3 is 15.3 Å². The van der Waals surface area contributed by atoms with Crippen LogP contribution in [-0.2, 0) is 0 Å². The van der Waals surface area contributed by atoms with Crippen molar-refractivity contribution in [1.82, 2.24) is 0 Å². The summed E-state index contributed by atoms with van der Waals surface area (Å²) in [5, 5.41) is 33.3. The lowest BCUT2D eigenvalue weighted by atomic mass is 9.54. The number of azide groups is 1. The summed E-state index contributed by atoms with van der Waals surface area (Å²) >= 11 is 0. The van der Waals surface area contributed by atoms with Crippen molar-refractivity contribution in [3.8, 4) is 0 Å². The molecule has 0 aromatic rings. The quantitative estimate of drug-likeness (QED) is 0.286. The van der Waals surface area contributed by atoms with Crippen molar-refractivity contribution < 1.29 is 41.7 Å². The highest BCUT2D eigenvalue weighted by molar-refractivity contribution is 5.09. The van der Waals surface area contributed by atoms with Crippen molar-refractivity contribution >= 4 is 0 Å². The molecular weight excluding hydrogens is 384 g/mol. The normalized spacial score (nSPS) is 37.1. The highest BCUT2D eigenvalue weighted by atomic mass is 19.4. The van der Waals surface area contributed by atoms with Crippen molar-refractivity contribution in [3.05, 3.63) is 10.4 Å². The van der Waals surface area contributed by atoms with E-state index >= 15 is 0 Å². The van der Waals surface area contributed by atoms with E-state index in [0.717, 1.165) is 20.8 Å². The van der Waals surface area contributed by atoms with Gasteiger partial charge >= 0.3 is 12.4 Å². The van der Waals surface area contributed by atoms with Gasteiger partial charge in [0, 0.05) is 16.7 Å². The van der Waals surface area contributed by atoms with E-state index in [0.29, 0.717) is 0 Å². The zero-order valence-corrected chi connectivity index (χ0v) is 15.1. The summed E-state index contributed by atoms with van der Waals surface area (Å²) in [5.74, 6) is -8.17. The van der Waals surface area contributed by atoms with Gasteiger partial charge in [-0.1, -0.05) is 27.7 Å². The maximum absolute atomic E-state index is 13.6. The maximum atomic E-state index is 13.6. The third kappa shape index (κ3) is 3.59. The second-order valence-electron chi connectivity index (χ2n) is 7.31. The van der Waals surface area contributed by atoms with Gasteiger partial charge in [0.1, 0.15) is 0 Å². The van der Waals surface area contributed by atoms with Gasteiger partial charge in [-0.2, -0.15) is 26.3 Å². The van der Waals surface area contributed by atoms with Crippen molar-refractivity contribution in [2.45, 2.75) is 63.9 Å². The fourth-order valence-electron chi connectivity index (χ4n) is 4.69. The number of hydrogen-bond donors (Lipinski definition) is 3. The molecule has 1 aliphatic carbocycles. The van der Waals surface area contributed by atoms with Crippen LogP contribution < -0.4 is 0 Å². The number of alkyl halides is 6. The molecule has 6 nitrogen and oxygen atoms in total. The van der Waals surface area contributed by atoms with Gasteiger partial charge in [0.05, 0.1) is 6.10 Å². The zero-order valence-electron chi connectivity index (χ0n) is 15.1. The first-order valence-electron chi connectivity index (χ1n) is 8.33. The number of nitrogens with zero attached hydrogens (tertiary/aromatic N) is 3. The van der Waals surface area contributed by atoms with Gasteiger partial charge in [-0.05, 0) is 34.8 Å². The lowest BCUT2D eigenvalue weighted by Gasteiger charge is -2.55. The van der Waals surface area contributed by atoms with Crippen molar-refractivity contribution in [3.63, 3.8) is 0 Å². The molecule has 1 fully saturated rings. The van der Waals surface area contributed by atoms with Gasteiger partial charge in [-0.15, -0.1) is 0 Å². The Labute approximate surface area is 151 Å². The molecule has 0 spiro atoms. The summed E-state index contributed by atoms with van der Waals surface area (Å²) in [4.78, 5) is 2.01.